The molecule has 0 atom stereocenters. The van der Waals surface area contributed by atoms with Gasteiger partial charge in [-0.25, -0.2) is 8.42 Å². The van der Waals surface area contributed by atoms with Crippen molar-refractivity contribution < 1.29 is 8.42 Å². The number of nitrogens with zero attached hydrogens (tertiary/aromatic N) is 3. The Morgan fingerprint density at radius 1 is 0.794 bits per heavy atom. The lowest BCUT2D eigenvalue weighted by atomic mass is 10.1. The second-order valence-electron chi connectivity index (χ2n) is 9.48. The van der Waals surface area contributed by atoms with E-state index in [2.05, 4.69) is 59.2 Å². The molecule has 0 bridgehead atoms. The van der Waals surface area contributed by atoms with Crippen molar-refractivity contribution in [3.8, 4) is 0 Å². The first-order chi connectivity index (χ1) is 16.6. The number of anilines is 2. The van der Waals surface area contributed by atoms with Crippen LogP contribution >= 0.6 is 0 Å². The van der Waals surface area contributed by atoms with Gasteiger partial charge in [-0.1, -0.05) is 62.2 Å². The van der Waals surface area contributed by atoms with E-state index in [1.165, 1.54) is 5.56 Å². The summed E-state index contributed by atoms with van der Waals surface area (Å²) in [5.74, 6) is 0. The summed E-state index contributed by atoms with van der Waals surface area (Å²) in [4.78, 5) is 5.49. The summed E-state index contributed by atoms with van der Waals surface area (Å²) in [7, 11) is -3.47. The molecule has 5 nitrogen and oxygen atoms in total. The molecule has 2 aliphatic rings. The zero-order chi connectivity index (χ0) is 23.5. The molecule has 0 aliphatic carbocycles. The van der Waals surface area contributed by atoms with E-state index in [0.29, 0.717) is 11.4 Å². The van der Waals surface area contributed by atoms with Gasteiger partial charge >= 0.3 is 0 Å². The van der Waals surface area contributed by atoms with E-state index in [1.807, 2.05) is 12.1 Å². The maximum atomic E-state index is 13.3. The highest BCUT2D eigenvalue weighted by molar-refractivity contribution is 7.93. The summed E-state index contributed by atoms with van der Waals surface area (Å²) in [6.07, 6.45) is 5.19. The first kappa shape index (κ1) is 23.2. The number of benzene rings is 3. The van der Waals surface area contributed by atoms with Gasteiger partial charge < -0.3 is 9.80 Å². The highest BCUT2D eigenvalue weighted by Gasteiger charge is 2.36. The third-order valence-electron chi connectivity index (χ3n) is 7.25. The molecule has 34 heavy (non-hydrogen) atoms. The Morgan fingerprint density at radius 3 is 2.44 bits per heavy atom. The third-order valence-corrected chi connectivity index (χ3v) is 9.10. The van der Waals surface area contributed by atoms with Gasteiger partial charge in [-0.15, -0.1) is 0 Å². The molecular formula is C28H35N3O2S. The maximum absolute atomic E-state index is 13.3. The van der Waals surface area contributed by atoms with Gasteiger partial charge in [-0.3, -0.25) is 4.31 Å². The van der Waals surface area contributed by atoms with Gasteiger partial charge in [0.1, 0.15) is 0 Å². The zero-order valence-corrected chi connectivity index (χ0v) is 20.9. The molecule has 3 aromatic rings. The monoisotopic (exact) mass is 477 g/mol. The van der Waals surface area contributed by atoms with Crippen molar-refractivity contribution in [2.24, 2.45) is 0 Å². The maximum Gasteiger partial charge on any atom is 0.265 e. The third kappa shape index (κ3) is 4.41. The molecule has 0 saturated carbocycles. The molecule has 0 aromatic heterocycles. The van der Waals surface area contributed by atoms with Crippen LogP contribution in [-0.2, 0) is 16.4 Å². The van der Waals surface area contributed by atoms with Gasteiger partial charge in [-0.05, 0) is 49.6 Å². The minimum absolute atomic E-state index is 0.470. The van der Waals surface area contributed by atoms with Crippen LogP contribution < -0.4 is 9.21 Å². The van der Waals surface area contributed by atoms with Crippen LogP contribution in [0.15, 0.2) is 65.6 Å². The zero-order valence-electron chi connectivity index (χ0n) is 20.1. The molecule has 0 unspecified atom stereocenters. The van der Waals surface area contributed by atoms with Gasteiger partial charge in [0.2, 0.25) is 0 Å². The Morgan fingerprint density at radius 2 is 1.62 bits per heavy atom. The van der Waals surface area contributed by atoms with E-state index in [0.717, 1.165) is 87.0 Å². The van der Waals surface area contributed by atoms with Gasteiger partial charge in [0.15, 0.2) is 0 Å². The fourth-order valence-corrected chi connectivity index (χ4v) is 7.14. The average Bonchev–Trinajstić information content (AvgIpc) is 3.00. The molecule has 0 radical (unpaired) electrons. The molecule has 1 saturated heterocycles. The lowest BCUT2D eigenvalue weighted by molar-refractivity contribution is 0.297. The van der Waals surface area contributed by atoms with Gasteiger partial charge in [0.05, 0.1) is 10.6 Å². The molecule has 2 heterocycles. The van der Waals surface area contributed by atoms with E-state index in [4.69, 9.17) is 0 Å². The molecular weight excluding hydrogens is 442 g/mol. The number of hydrogen-bond donors (Lipinski definition) is 0. The molecule has 1 fully saturated rings. The Hall–Kier alpha value is -2.57. The van der Waals surface area contributed by atoms with Crippen molar-refractivity contribution in [1.29, 1.82) is 0 Å². The van der Waals surface area contributed by atoms with Crippen molar-refractivity contribution in [2.75, 3.05) is 48.5 Å². The van der Waals surface area contributed by atoms with Crippen LogP contribution in [0.25, 0.3) is 10.8 Å². The van der Waals surface area contributed by atoms with Crippen molar-refractivity contribution in [3.05, 3.63) is 66.2 Å². The topological polar surface area (TPSA) is 43.9 Å². The van der Waals surface area contributed by atoms with E-state index in [9.17, 15) is 8.42 Å². The van der Waals surface area contributed by atoms with Crippen LogP contribution in [0, 0.1) is 0 Å². The number of rotatable bonds is 8. The van der Waals surface area contributed by atoms with Gasteiger partial charge in [0.25, 0.3) is 10.0 Å². The van der Waals surface area contributed by atoms with E-state index < -0.39 is 10.0 Å². The van der Waals surface area contributed by atoms with Crippen LogP contribution in [0.5, 0.6) is 0 Å². The smallest absolute Gasteiger partial charge is 0.265 e. The largest absolute Gasteiger partial charge is 0.370 e. The standard InChI is InChI=1S/C28H35N3O2S/c1-2-3-7-19-31-26-15-14-25(24-12-8-13-27(28(24)26)34(31,32)33)30-18-9-17-29(21-22-30)20-16-23-10-5-4-6-11-23/h4-6,8,10-15H,2-3,7,9,16-22H2,1H3. The fourth-order valence-electron chi connectivity index (χ4n) is 5.40. The molecule has 2 aliphatic heterocycles. The Bertz CT molecular complexity index is 1240. The Kier molecular flexibility index (Phi) is 6.79. The number of sulfonamides is 1. The van der Waals surface area contributed by atoms with Crippen LogP contribution in [0.1, 0.15) is 38.2 Å². The van der Waals surface area contributed by atoms with Crippen LogP contribution in [-0.4, -0.2) is 52.6 Å². The summed E-state index contributed by atoms with van der Waals surface area (Å²) in [6.45, 7) is 7.85. The summed E-state index contributed by atoms with van der Waals surface area (Å²) < 4.78 is 28.3. The first-order valence-electron chi connectivity index (χ1n) is 12.7. The highest BCUT2D eigenvalue weighted by Crippen LogP contribution is 2.45. The average molecular weight is 478 g/mol. The SMILES string of the molecule is CCCCCN1c2ccc(N3CCCN(CCc4ccccc4)CC3)c3cccc(c23)S1(=O)=O. The van der Waals surface area contributed by atoms with Crippen LogP contribution in [0.3, 0.4) is 0 Å². The lowest BCUT2D eigenvalue weighted by Gasteiger charge is -2.26. The molecule has 0 N–H and O–H groups in total. The fraction of sp³-hybridized carbons (Fsp3) is 0.429. The Balaban J connectivity index is 1.37. The van der Waals surface area contributed by atoms with Crippen molar-refractivity contribution in [1.82, 2.24) is 4.90 Å². The first-order valence-corrected chi connectivity index (χ1v) is 14.1. The van der Waals surface area contributed by atoms with Crippen molar-refractivity contribution in [2.45, 2.75) is 43.9 Å². The van der Waals surface area contributed by atoms with Crippen LogP contribution in [0.2, 0.25) is 0 Å². The minimum Gasteiger partial charge on any atom is -0.370 e. The predicted octanol–water partition coefficient (Wildman–Crippen LogP) is 5.29. The number of hydrogen-bond acceptors (Lipinski definition) is 4. The summed E-state index contributed by atoms with van der Waals surface area (Å²) >= 11 is 0. The second kappa shape index (κ2) is 9.96. The van der Waals surface area contributed by atoms with Gasteiger partial charge in [0, 0.05) is 49.2 Å². The normalized spacial score (nSPS) is 17.9. The molecule has 0 spiro atoms. The van der Waals surface area contributed by atoms with Gasteiger partial charge in [-0.2, -0.15) is 0 Å². The lowest BCUT2D eigenvalue weighted by Crippen LogP contribution is -2.32. The van der Waals surface area contributed by atoms with E-state index >= 15 is 0 Å². The van der Waals surface area contributed by atoms with Crippen molar-refractivity contribution in [3.63, 3.8) is 0 Å². The predicted molar refractivity (Wildman–Crippen MR) is 141 cm³/mol. The summed E-state index contributed by atoms with van der Waals surface area (Å²) in [6, 6.07) is 20.7. The summed E-state index contributed by atoms with van der Waals surface area (Å²) in [5, 5.41) is 1.97. The summed E-state index contributed by atoms with van der Waals surface area (Å²) in [5.41, 5.74) is 3.40. The molecule has 180 valence electrons. The van der Waals surface area contributed by atoms with E-state index in [1.54, 1.807) is 10.4 Å². The number of unbranched alkanes of at least 4 members (excludes halogenated alkanes) is 2. The molecule has 5 rings (SSSR count). The second-order valence-corrected chi connectivity index (χ2v) is 11.3. The van der Waals surface area contributed by atoms with Crippen molar-refractivity contribution >= 4 is 32.2 Å². The molecule has 3 aromatic carbocycles. The highest BCUT2D eigenvalue weighted by atomic mass is 32.2. The quantitative estimate of drug-likeness (QED) is 0.413. The minimum atomic E-state index is -3.47. The Labute approximate surface area is 204 Å². The van der Waals surface area contributed by atoms with Crippen LogP contribution in [0.4, 0.5) is 11.4 Å². The van der Waals surface area contributed by atoms with E-state index in [-0.39, 0.29) is 0 Å². The molecule has 6 heteroatoms. The molecule has 0 amide bonds.